The van der Waals surface area contributed by atoms with Gasteiger partial charge in [0.15, 0.2) is 0 Å². The molecule has 2 aromatic rings. The van der Waals surface area contributed by atoms with Crippen LogP contribution in [-0.2, 0) is 23.1 Å². The summed E-state index contributed by atoms with van der Waals surface area (Å²) in [4.78, 5) is 12.0. The first-order chi connectivity index (χ1) is 12.4. The fourth-order valence-corrected chi connectivity index (χ4v) is 2.87. The zero-order valence-electron chi connectivity index (χ0n) is 16.5. The Morgan fingerprint density at radius 2 is 1.73 bits per heavy atom. The van der Waals surface area contributed by atoms with E-state index in [2.05, 4.69) is 56.4 Å². The Labute approximate surface area is 157 Å². The minimum Gasteiger partial charge on any atom is -0.497 e. The van der Waals surface area contributed by atoms with Gasteiger partial charge in [0, 0.05) is 13.0 Å². The van der Waals surface area contributed by atoms with Crippen molar-refractivity contribution in [2.75, 3.05) is 13.7 Å². The standard InChI is InChI=1S/C23H31NO2/c1-23(2,3)20-13-10-18(11-14-20)12-15-22(25)24-16-6-8-19-7-5-9-21(17-19)26-4/h5,7,9-11,13-14,17H,6,8,12,15-16H2,1-4H3,(H,24,25). The van der Waals surface area contributed by atoms with Gasteiger partial charge in [-0.1, -0.05) is 57.2 Å². The molecule has 0 unspecified atom stereocenters. The zero-order valence-corrected chi connectivity index (χ0v) is 16.5. The van der Waals surface area contributed by atoms with E-state index in [-0.39, 0.29) is 11.3 Å². The molecule has 2 aromatic carbocycles. The number of amides is 1. The van der Waals surface area contributed by atoms with Crippen molar-refractivity contribution in [3.8, 4) is 5.75 Å². The van der Waals surface area contributed by atoms with Gasteiger partial charge in [-0.3, -0.25) is 4.79 Å². The first-order valence-electron chi connectivity index (χ1n) is 9.37. The Morgan fingerprint density at radius 3 is 2.38 bits per heavy atom. The number of nitrogens with one attached hydrogen (secondary N) is 1. The lowest BCUT2D eigenvalue weighted by molar-refractivity contribution is -0.121. The highest BCUT2D eigenvalue weighted by molar-refractivity contribution is 5.76. The van der Waals surface area contributed by atoms with Gasteiger partial charge in [-0.05, 0) is 53.5 Å². The molecule has 3 nitrogen and oxygen atoms in total. The molecular weight excluding hydrogens is 322 g/mol. The third-order valence-electron chi connectivity index (χ3n) is 4.56. The maximum Gasteiger partial charge on any atom is 0.220 e. The van der Waals surface area contributed by atoms with Gasteiger partial charge in [0.05, 0.1) is 7.11 Å². The maximum atomic E-state index is 12.0. The maximum absolute atomic E-state index is 12.0. The van der Waals surface area contributed by atoms with Gasteiger partial charge in [0.25, 0.3) is 0 Å². The molecule has 0 heterocycles. The Kier molecular flexibility index (Phi) is 7.26. The topological polar surface area (TPSA) is 38.3 Å². The largest absolute Gasteiger partial charge is 0.497 e. The second-order valence-corrected chi connectivity index (χ2v) is 7.75. The van der Waals surface area contributed by atoms with Crippen molar-refractivity contribution in [1.29, 1.82) is 0 Å². The van der Waals surface area contributed by atoms with Gasteiger partial charge in [-0.15, -0.1) is 0 Å². The van der Waals surface area contributed by atoms with Crippen LogP contribution in [0.15, 0.2) is 48.5 Å². The molecule has 26 heavy (non-hydrogen) atoms. The van der Waals surface area contributed by atoms with E-state index in [0.717, 1.165) is 25.0 Å². The van der Waals surface area contributed by atoms with Crippen LogP contribution in [0.25, 0.3) is 0 Å². The highest BCUT2D eigenvalue weighted by Crippen LogP contribution is 2.22. The molecule has 1 N–H and O–H groups in total. The smallest absolute Gasteiger partial charge is 0.220 e. The van der Waals surface area contributed by atoms with Crippen LogP contribution in [0.4, 0.5) is 0 Å². The molecule has 0 aliphatic carbocycles. The summed E-state index contributed by atoms with van der Waals surface area (Å²) in [6.07, 6.45) is 3.19. The summed E-state index contributed by atoms with van der Waals surface area (Å²) in [5, 5.41) is 3.02. The highest BCUT2D eigenvalue weighted by Gasteiger charge is 2.12. The Bertz CT molecular complexity index is 699. The first kappa shape index (κ1) is 20.0. The van der Waals surface area contributed by atoms with E-state index in [0.29, 0.717) is 13.0 Å². The predicted octanol–water partition coefficient (Wildman–Crippen LogP) is 4.67. The average molecular weight is 354 g/mol. The second kappa shape index (κ2) is 9.42. The summed E-state index contributed by atoms with van der Waals surface area (Å²) in [6, 6.07) is 16.7. The van der Waals surface area contributed by atoms with Gasteiger partial charge in [0.2, 0.25) is 5.91 Å². The van der Waals surface area contributed by atoms with Crippen LogP contribution in [0.3, 0.4) is 0 Å². The van der Waals surface area contributed by atoms with E-state index in [9.17, 15) is 4.79 Å². The normalized spacial score (nSPS) is 11.2. The van der Waals surface area contributed by atoms with Gasteiger partial charge in [-0.2, -0.15) is 0 Å². The summed E-state index contributed by atoms with van der Waals surface area (Å²) < 4.78 is 5.23. The fraction of sp³-hybridized carbons (Fsp3) is 0.435. The van der Waals surface area contributed by atoms with Crippen molar-refractivity contribution in [2.24, 2.45) is 0 Å². The molecule has 0 aliphatic rings. The molecule has 0 aromatic heterocycles. The molecule has 0 saturated carbocycles. The van der Waals surface area contributed by atoms with Gasteiger partial charge < -0.3 is 10.1 Å². The fourth-order valence-electron chi connectivity index (χ4n) is 2.87. The first-order valence-corrected chi connectivity index (χ1v) is 9.37. The summed E-state index contributed by atoms with van der Waals surface area (Å²) in [6.45, 7) is 7.34. The molecule has 0 fully saturated rings. The van der Waals surface area contributed by atoms with Gasteiger partial charge in [-0.25, -0.2) is 0 Å². The van der Waals surface area contributed by atoms with Crippen LogP contribution in [0.5, 0.6) is 5.75 Å². The Morgan fingerprint density at radius 1 is 1.00 bits per heavy atom. The summed E-state index contributed by atoms with van der Waals surface area (Å²) in [5.74, 6) is 1.000. The van der Waals surface area contributed by atoms with Crippen LogP contribution in [0.2, 0.25) is 0 Å². The lowest BCUT2D eigenvalue weighted by atomic mass is 9.86. The van der Waals surface area contributed by atoms with Crippen LogP contribution < -0.4 is 10.1 Å². The average Bonchev–Trinajstić information content (AvgIpc) is 2.63. The van der Waals surface area contributed by atoms with E-state index in [1.165, 1.54) is 16.7 Å². The minimum absolute atomic E-state index is 0.121. The number of benzene rings is 2. The lowest BCUT2D eigenvalue weighted by Crippen LogP contribution is -2.25. The quantitative estimate of drug-likeness (QED) is 0.700. The lowest BCUT2D eigenvalue weighted by Gasteiger charge is -2.19. The zero-order chi connectivity index (χ0) is 19.0. The SMILES string of the molecule is COc1cccc(CCCNC(=O)CCc2ccc(C(C)(C)C)cc2)c1. The van der Waals surface area contributed by atoms with Crippen LogP contribution >= 0.6 is 0 Å². The summed E-state index contributed by atoms with van der Waals surface area (Å²) >= 11 is 0. The van der Waals surface area contributed by atoms with Crippen LogP contribution in [0.1, 0.15) is 50.3 Å². The van der Waals surface area contributed by atoms with Crippen LogP contribution in [0, 0.1) is 0 Å². The number of methoxy groups -OCH3 is 1. The molecular formula is C23H31NO2. The molecule has 2 rings (SSSR count). The monoisotopic (exact) mass is 353 g/mol. The molecule has 0 bridgehead atoms. The molecule has 0 aliphatic heterocycles. The Hall–Kier alpha value is -2.29. The van der Waals surface area contributed by atoms with Crippen LogP contribution in [-0.4, -0.2) is 19.6 Å². The van der Waals surface area contributed by atoms with E-state index in [4.69, 9.17) is 4.74 Å². The van der Waals surface area contributed by atoms with Crippen molar-refractivity contribution in [3.63, 3.8) is 0 Å². The molecule has 0 atom stereocenters. The van der Waals surface area contributed by atoms with E-state index in [1.54, 1.807) is 7.11 Å². The predicted molar refractivity (Wildman–Crippen MR) is 108 cm³/mol. The molecule has 0 spiro atoms. The van der Waals surface area contributed by atoms with E-state index < -0.39 is 0 Å². The van der Waals surface area contributed by atoms with Crippen molar-refractivity contribution in [3.05, 3.63) is 65.2 Å². The molecule has 0 saturated heterocycles. The van der Waals surface area contributed by atoms with E-state index in [1.807, 2.05) is 18.2 Å². The number of ether oxygens (including phenoxy) is 1. The molecule has 0 radical (unpaired) electrons. The van der Waals surface area contributed by atoms with Gasteiger partial charge in [0.1, 0.15) is 5.75 Å². The highest BCUT2D eigenvalue weighted by atomic mass is 16.5. The number of rotatable bonds is 8. The molecule has 3 heteroatoms. The second-order valence-electron chi connectivity index (χ2n) is 7.75. The summed E-state index contributed by atoms with van der Waals surface area (Å²) in [7, 11) is 1.68. The van der Waals surface area contributed by atoms with Crippen molar-refractivity contribution < 1.29 is 9.53 Å². The number of hydrogen-bond donors (Lipinski definition) is 1. The number of hydrogen-bond acceptors (Lipinski definition) is 2. The Balaban J connectivity index is 1.67. The van der Waals surface area contributed by atoms with Crippen molar-refractivity contribution in [2.45, 2.75) is 51.9 Å². The number of aryl methyl sites for hydroxylation is 2. The number of carbonyl (C=O) groups excluding carboxylic acids is 1. The third-order valence-corrected chi connectivity index (χ3v) is 4.56. The van der Waals surface area contributed by atoms with Crippen molar-refractivity contribution >= 4 is 5.91 Å². The number of carbonyl (C=O) groups is 1. The molecule has 1 amide bonds. The molecule has 140 valence electrons. The third kappa shape index (κ3) is 6.55. The van der Waals surface area contributed by atoms with Crippen molar-refractivity contribution in [1.82, 2.24) is 5.32 Å². The minimum atomic E-state index is 0.121. The van der Waals surface area contributed by atoms with Gasteiger partial charge >= 0.3 is 0 Å². The summed E-state index contributed by atoms with van der Waals surface area (Å²) in [5.41, 5.74) is 3.93. The van der Waals surface area contributed by atoms with E-state index >= 15 is 0 Å².